The van der Waals surface area contributed by atoms with Crippen molar-refractivity contribution >= 4 is 49.7 Å². The van der Waals surface area contributed by atoms with Crippen LogP contribution in [0.4, 0.5) is 10.8 Å². The number of sulfonamides is 1. The number of anilines is 2. The van der Waals surface area contributed by atoms with Gasteiger partial charge in [0.05, 0.1) is 10.9 Å². The number of amides is 1. The van der Waals surface area contributed by atoms with E-state index in [1.54, 1.807) is 28.6 Å². The summed E-state index contributed by atoms with van der Waals surface area (Å²) < 4.78 is 27.6. The molecule has 3 aromatic rings. The fourth-order valence-electron chi connectivity index (χ4n) is 4.59. The lowest BCUT2D eigenvalue weighted by molar-refractivity contribution is -0.121. The van der Waals surface area contributed by atoms with E-state index in [9.17, 15) is 13.2 Å². The molecule has 2 aliphatic rings. The monoisotopic (exact) mass is 502 g/mol. The first-order valence-electron chi connectivity index (χ1n) is 10.7. The summed E-state index contributed by atoms with van der Waals surface area (Å²) in [5.74, 6) is 0.474. The maximum Gasteiger partial charge on any atom is 0.263 e. The quantitative estimate of drug-likeness (QED) is 0.546. The second-order valence-electron chi connectivity index (χ2n) is 8.26. The van der Waals surface area contributed by atoms with Crippen molar-refractivity contribution in [2.24, 2.45) is 0 Å². The van der Waals surface area contributed by atoms with Crippen LogP contribution >= 0.6 is 22.9 Å². The number of hydrogen-bond donors (Lipinski definition) is 1. The van der Waals surface area contributed by atoms with E-state index < -0.39 is 10.0 Å². The van der Waals surface area contributed by atoms with Crippen molar-refractivity contribution in [3.05, 3.63) is 70.7 Å². The Hall–Kier alpha value is -2.46. The molecule has 0 spiro atoms. The van der Waals surface area contributed by atoms with E-state index in [-0.39, 0.29) is 16.8 Å². The van der Waals surface area contributed by atoms with Gasteiger partial charge in [-0.1, -0.05) is 23.7 Å². The summed E-state index contributed by atoms with van der Waals surface area (Å²) in [7, 11) is -3.72. The fourth-order valence-corrected chi connectivity index (χ4v) is 6.51. The van der Waals surface area contributed by atoms with Crippen molar-refractivity contribution in [3.8, 4) is 0 Å². The highest BCUT2D eigenvalue weighted by Gasteiger charge is 2.39. The van der Waals surface area contributed by atoms with Crippen LogP contribution in [0.2, 0.25) is 5.02 Å². The van der Waals surface area contributed by atoms with Crippen LogP contribution < -0.4 is 9.62 Å². The van der Waals surface area contributed by atoms with Gasteiger partial charge in [-0.05, 0) is 67.3 Å². The lowest BCUT2D eigenvalue weighted by Gasteiger charge is -2.23. The molecule has 1 amide bonds. The highest BCUT2D eigenvalue weighted by Crippen LogP contribution is 2.33. The average molecular weight is 503 g/mol. The second-order valence-corrected chi connectivity index (χ2v) is 11.3. The minimum atomic E-state index is -3.72. The Morgan fingerprint density at radius 1 is 1.03 bits per heavy atom. The molecule has 1 unspecified atom stereocenters. The molecule has 0 radical (unpaired) electrons. The fraction of sp³-hybridized carbons (Fsp3) is 0.304. The molecule has 2 fully saturated rings. The number of halogens is 1. The molecular weight excluding hydrogens is 480 g/mol. The standard InChI is InChI=1S/C23H23ClN4O3S2/c24-18-3-1-16(2-4-18)17-9-12-27(15-17)21-10-13-28(22(21)29)19-5-7-20(8-6-19)33(30,31)26-23-25-11-14-32-23/h1-8,11,14,17,21H,9-10,12-13,15H2,(H,25,26)/t17?,21-/m0/s1. The molecule has 2 atom stereocenters. The van der Waals surface area contributed by atoms with Gasteiger partial charge in [0, 0.05) is 35.4 Å². The first-order valence-corrected chi connectivity index (χ1v) is 13.5. The normalized spacial score (nSPS) is 21.6. The number of aromatic nitrogens is 1. The molecule has 1 aromatic heterocycles. The van der Waals surface area contributed by atoms with Crippen LogP contribution in [-0.2, 0) is 14.8 Å². The number of likely N-dealkylation sites (tertiary alicyclic amines) is 1. The molecule has 0 saturated carbocycles. The highest BCUT2D eigenvalue weighted by molar-refractivity contribution is 7.93. The largest absolute Gasteiger partial charge is 0.311 e. The molecule has 2 saturated heterocycles. The third-order valence-electron chi connectivity index (χ3n) is 6.29. The number of nitrogens with one attached hydrogen (secondary N) is 1. The van der Waals surface area contributed by atoms with E-state index in [1.807, 2.05) is 12.1 Å². The van der Waals surface area contributed by atoms with Gasteiger partial charge in [-0.3, -0.25) is 14.4 Å². The van der Waals surface area contributed by atoms with Gasteiger partial charge < -0.3 is 4.90 Å². The van der Waals surface area contributed by atoms with Gasteiger partial charge in [0.2, 0.25) is 5.91 Å². The third-order valence-corrected chi connectivity index (χ3v) is 8.72. The van der Waals surface area contributed by atoms with Crippen LogP contribution in [0.25, 0.3) is 0 Å². The van der Waals surface area contributed by atoms with Crippen LogP contribution in [0.5, 0.6) is 0 Å². The van der Waals surface area contributed by atoms with Gasteiger partial charge in [-0.25, -0.2) is 13.4 Å². The van der Waals surface area contributed by atoms with Crippen LogP contribution in [0, 0.1) is 0 Å². The van der Waals surface area contributed by atoms with Crippen LogP contribution in [0.1, 0.15) is 24.3 Å². The summed E-state index contributed by atoms with van der Waals surface area (Å²) >= 11 is 7.23. The zero-order chi connectivity index (χ0) is 23.0. The van der Waals surface area contributed by atoms with E-state index in [0.717, 1.165) is 31.0 Å². The number of carbonyl (C=O) groups excluding carboxylic acids is 1. The number of nitrogens with zero attached hydrogens (tertiary/aromatic N) is 3. The van der Waals surface area contributed by atoms with Crippen molar-refractivity contribution in [1.82, 2.24) is 9.88 Å². The smallest absolute Gasteiger partial charge is 0.263 e. The van der Waals surface area contributed by atoms with Crippen molar-refractivity contribution in [3.63, 3.8) is 0 Å². The van der Waals surface area contributed by atoms with E-state index >= 15 is 0 Å². The zero-order valence-electron chi connectivity index (χ0n) is 17.7. The Balaban J connectivity index is 1.24. The van der Waals surface area contributed by atoms with E-state index in [1.165, 1.54) is 29.0 Å². The van der Waals surface area contributed by atoms with Crippen LogP contribution in [0.3, 0.4) is 0 Å². The Morgan fingerprint density at radius 3 is 2.48 bits per heavy atom. The lowest BCUT2D eigenvalue weighted by atomic mass is 9.99. The summed E-state index contributed by atoms with van der Waals surface area (Å²) in [6.07, 6.45) is 3.32. The molecule has 5 rings (SSSR count). The molecular formula is C23H23ClN4O3S2. The zero-order valence-corrected chi connectivity index (χ0v) is 20.1. The molecule has 1 N–H and O–H groups in total. The summed E-state index contributed by atoms with van der Waals surface area (Å²) in [5.41, 5.74) is 1.97. The van der Waals surface area contributed by atoms with Crippen molar-refractivity contribution in [1.29, 1.82) is 0 Å². The average Bonchev–Trinajstić information content (AvgIpc) is 3.56. The molecule has 10 heteroatoms. The van der Waals surface area contributed by atoms with Gasteiger partial charge in [-0.2, -0.15) is 0 Å². The SMILES string of the molecule is O=C1[C@@H](N2CCC(c3ccc(Cl)cc3)C2)CCN1c1ccc(S(=O)(=O)Nc2nccs2)cc1. The van der Waals surface area contributed by atoms with Gasteiger partial charge >= 0.3 is 0 Å². The lowest BCUT2D eigenvalue weighted by Crippen LogP contribution is -2.40. The number of thiazole rings is 1. The Kier molecular flexibility index (Phi) is 6.13. The number of benzene rings is 2. The molecule has 33 heavy (non-hydrogen) atoms. The molecule has 0 bridgehead atoms. The second kappa shape index (κ2) is 9.06. The molecule has 172 valence electrons. The van der Waals surface area contributed by atoms with Gasteiger partial charge in [0.25, 0.3) is 10.0 Å². The van der Waals surface area contributed by atoms with Crippen molar-refractivity contribution in [2.45, 2.75) is 29.7 Å². The topological polar surface area (TPSA) is 82.6 Å². The Bertz CT molecular complexity index is 1230. The highest BCUT2D eigenvalue weighted by atomic mass is 35.5. The maximum absolute atomic E-state index is 13.2. The number of carbonyl (C=O) groups is 1. The minimum absolute atomic E-state index is 0.0725. The van der Waals surface area contributed by atoms with Gasteiger partial charge in [0.1, 0.15) is 0 Å². The van der Waals surface area contributed by atoms with Crippen molar-refractivity contribution < 1.29 is 13.2 Å². The molecule has 0 aliphatic carbocycles. The maximum atomic E-state index is 13.2. The number of rotatable bonds is 6. The molecule has 7 nitrogen and oxygen atoms in total. The first-order chi connectivity index (χ1) is 15.9. The predicted molar refractivity (Wildman–Crippen MR) is 131 cm³/mol. The molecule has 2 aromatic carbocycles. The Morgan fingerprint density at radius 2 is 1.79 bits per heavy atom. The molecule has 2 aliphatic heterocycles. The minimum Gasteiger partial charge on any atom is -0.311 e. The summed E-state index contributed by atoms with van der Waals surface area (Å²) in [5, 5.41) is 2.75. The van der Waals surface area contributed by atoms with E-state index in [4.69, 9.17) is 11.6 Å². The van der Waals surface area contributed by atoms with Gasteiger partial charge in [-0.15, -0.1) is 11.3 Å². The Labute approximate surface area is 202 Å². The third kappa shape index (κ3) is 4.63. The molecule has 3 heterocycles. The van der Waals surface area contributed by atoms with Crippen molar-refractivity contribution in [2.75, 3.05) is 29.3 Å². The van der Waals surface area contributed by atoms with E-state index in [0.29, 0.717) is 23.3 Å². The first kappa shape index (κ1) is 22.3. The summed E-state index contributed by atoms with van der Waals surface area (Å²) in [4.78, 5) is 21.3. The van der Waals surface area contributed by atoms with Crippen LogP contribution in [-0.4, -0.2) is 49.9 Å². The summed E-state index contributed by atoms with van der Waals surface area (Å²) in [6, 6.07) is 14.3. The number of hydrogen-bond acceptors (Lipinski definition) is 6. The predicted octanol–water partition coefficient (Wildman–Crippen LogP) is 4.19. The van der Waals surface area contributed by atoms with Crippen LogP contribution in [0.15, 0.2) is 65.0 Å². The van der Waals surface area contributed by atoms with Gasteiger partial charge in [0.15, 0.2) is 5.13 Å². The summed E-state index contributed by atoms with van der Waals surface area (Å²) in [6.45, 7) is 2.36. The van der Waals surface area contributed by atoms with E-state index in [2.05, 4.69) is 26.7 Å².